The van der Waals surface area contributed by atoms with Crippen molar-refractivity contribution < 1.29 is 15.0 Å². The van der Waals surface area contributed by atoms with Gasteiger partial charge in [-0.25, -0.2) is 4.79 Å². The van der Waals surface area contributed by atoms with Gasteiger partial charge < -0.3 is 10.2 Å². The molecule has 0 radical (unpaired) electrons. The summed E-state index contributed by atoms with van der Waals surface area (Å²) in [5.41, 5.74) is 1.71. The Morgan fingerprint density at radius 2 is 1.78 bits per heavy atom. The molecule has 0 aromatic heterocycles. The minimum atomic E-state index is -0.953. The molecular weight excluding hydrogens is 228 g/mol. The fraction of sp³-hybridized carbons (Fsp3) is 0. The van der Waals surface area contributed by atoms with E-state index in [0.29, 0.717) is 5.56 Å². The summed E-state index contributed by atoms with van der Waals surface area (Å²) in [6.07, 6.45) is 3.49. The number of benzene rings is 2. The first-order valence-electron chi connectivity index (χ1n) is 5.46. The van der Waals surface area contributed by atoms with Crippen LogP contribution >= 0.6 is 0 Å². The fourth-order valence-electron chi connectivity index (χ4n) is 1.65. The lowest BCUT2D eigenvalue weighted by atomic mass is 10.1. The van der Waals surface area contributed by atoms with Gasteiger partial charge in [0, 0.05) is 0 Å². The number of carbonyl (C=O) groups is 1. The van der Waals surface area contributed by atoms with Crippen LogP contribution in [0, 0.1) is 0 Å². The van der Waals surface area contributed by atoms with E-state index < -0.39 is 5.97 Å². The van der Waals surface area contributed by atoms with E-state index in [2.05, 4.69) is 0 Å². The van der Waals surface area contributed by atoms with Gasteiger partial charge in [-0.3, -0.25) is 0 Å². The van der Waals surface area contributed by atoms with Crippen LogP contribution in [-0.4, -0.2) is 16.2 Å². The summed E-state index contributed by atoms with van der Waals surface area (Å²) in [5, 5.41) is 18.4. The summed E-state index contributed by atoms with van der Waals surface area (Å²) >= 11 is 0. The Morgan fingerprint density at radius 3 is 2.50 bits per heavy atom. The molecule has 0 bridgehead atoms. The Labute approximate surface area is 105 Å². The first kappa shape index (κ1) is 11.9. The maximum atomic E-state index is 11.0. The molecule has 0 aliphatic carbocycles. The quantitative estimate of drug-likeness (QED) is 0.809. The van der Waals surface area contributed by atoms with Gasteiger partial charge in [-0.1, -0.05) is 42.5 Å². The monoisotopic (exact) mass is 240 g/mol. The molecule has 0 aliphatic rings. The van der Waals surface area contributed by atoms with Crippen molar-refractivity contribution in [3.8, 4) is 5.75 Å². The van der Waals surface area contributed by atoms with E-state index in [0.717, 1.165) is 5.56 Å². The van der Waals surface area contributed by atoms with E-state index >= 15 is 0 Å². The second kappa shape index (κ2) is 5.19. The van der Waals surface area contributed by atoms with Crippen LogP contribution in [0.25, 0.3) is 12.2 Å². The van der Waals surface area contributed by atoms with E-state index in [-0.39, 0.29) is 11.3 Å². The predicted octanol–water partition coefficient (Wildman–Crippen LogP) is 3.26. The zero-order valence-corrected chi connectivity index (χ0v) is 9.58. The van der Waals surface area contributed by atoms with Gasteiger partial charge in [-0.2, -0.15) is 0 Å². The average molecular weight is 240 g/mol. The molecule has 0 heterocycles. The van der Waals surface area contributed by atoms with Gasteiger partial charge in [0.25, 0.3) is 0 Å². The SMILES string of the molecule is O=C(O)c1ccccc1C=Cc1cccc(O)c1. The van der Waals surface area contributed by atoms with Crippen LogP contribution in [0.4, 0.5) is 0 Å². The smallest absolute Gasteiger partial charge is 0.336 e. The van der Waals surface area contributed by atoms with E-state index in [1.54, 1.807) is 54.6 Å². The number of rotatable bonds is 3. The van der Waals surface area contributed by atoms with Gasteiger partial charge >= 0.3 is 5.97 Å². The molecule has 0 unspecified atom stereocenters. The largest absolute Gasteiger partial charge is 0.508 e. The van der Waals surface area contributed by atoms with Crippen LogP contribution in [0.1, 0.15) is 21.5 Å². The zero-order chi connectivity index (χ0) is 13.0. The molecule has 0 aliphatic heterocycles. The van der Waals surface area contributed by atoms with E-state index in [1.807, 2.05) is 6.07 Å². The first-order valence-corrected chi connectivity index (χ1v) is 5.46. The number of aromatic hydroxyl groups is 1. The molecular formula is C15H12O3. The predicted molar refractivity (Wildman–Crippen MR) is 70.4 cm³/mol. The Bertz CT molecular complexity index is 600. The van der Waals surface area contributed by atoms with Crippen LogP contribution in [-0.2, 0) is 0 Å². The minimum absolute atomic E-state index is 0.184. The molecule has 0 spiro atoms. The fourth-order valence-corrected chi connectivity index (χ4v) is 1.65. The van der Waals surface area contributed by atoms with Gasteiger partial charge in [0.2, 0.25) is 0 Å². The van der Waals surface area contributed by atoms with Crippen molar-refractivity contribution in [3.63, 3.8) is 0 Å². The molecule has 18 heavy (non-hydrogen) atoms. The van der Waals surface area contributed by atoms with Crippen molar-refractivity contribution in [3.05, 3.63) is 65.2 Å². The third kappa shape index (κ3) is 2.77. The molecule has 0 atom stereocenters. The number of aromatic carboxylic acids is 1. The maximum Gasteiger partial charge on any atom is 0.336 e. The Balaban J connectivity index is 2.32. The number of hydrogen-bond acceptors (Lipinski definition) is 2. The molecule has 2 N–H and O–H groups in total. The Kier molecular flexibility index (Phi) is 3.44. The van der Waals surface area contributed by atoms with Crippen molar-refractivity contribution in [1.29, 1.82) is 0 Å². The molecule has 90 valence electrons. The average Bonchev–Trinajstić information content (AvgIpc) is 2.37. The van der Waals surface area contributed by atoms with E-state index in [9.17, 15) is 9.90 Å². The van der Waals surface area contributed by atoms with Crippen molar-refractivity contribution in [2.75, 3.05) is 0 Å². The summed E-state index contributed by atoms with van der Waals surface area (Å²) in [6, 6.07) is 13.5. The summed E-state index contributed by atoms with van der Waals surface area (Å²) in [7, 11) is 0. The number of hydrogen-bond donors (Lipinski definition) is 2. The van der Waals surface area contributed by atoms with E-state index in [4.69, 9.17) is 5.11 Å². The van der Waals surface area contributed by atoms with Crippen molar-refractivity contribution in [2.45, 2.75) is 0 Å². The molecule has 0 saturated heterocycles. The van der Waals surface area contributed by atoms with Crippen LogP contribution in [0.3, 0.4) is 0 Å². The highest BCUT2D eigenvalue weighted by atomic mass is 16.4. The van der Waals surface area contributed by atoms with Crippen molar-refractivity contribution >= 4 is 18.1 Å². The molecule has 2 rings (SSSR count). The number of carboxylic acid groups (broad SMARTS) is 1. The third-order valence-electron chi connectivity index (χ3n) is 2.52. The van der Waals surface area contributed by atoms with Crippen molar-refractivity contribution in [2.24, 2.45) is 0 Å². The molecule has 0 saturated carbocycles. The highest BCUT2D eigenvalue weighted by molar-refractivity contribution is 5.93. The van der Waals surface area contributed by atoms with Crippen molar-refractivity contribution in [1.82, 2.24) is 0 Å². The Hall–Kier alpha value is -2.55. The van der Waals surface area contributed by atoms with Gasteiger partial charge in [0.15, 0.2) is 0 Å². The number of phenols is 1. The normalized spacial score (nSPS) is 10.7. The second-order valence-electron chi connectivity index (χ2n) is 3.82. The number of carboxylic acids is 1. The molecule has 3 heteroatoms. The molecule has 0 amide bonds. The van der Waals surface area contributed by atoms with Gasteiger partial charge in [-0.15, -0.1) is 0 Å². The second-order valence-corrected chi connectivity index (χ2v) is 3.82. The summed E-state index contributed by atoms with van der Waals surface area (Å²) in [5.74, 6) is -0.769. The molecule has 0 fully saturated rings. The van der Waals surface area contributed by atoms with Crippen LogP contribution in [0.2, 0.25) is 0 Å². The lowest BCUT2D eigenvalue weighted by Gasteiger charge is -2.00. The Morgan fingerprint density at radius 1 is 1.00 bits per heavy atom. The molecule has 2 aromatic rings. The lowest BCUT2D eigenvalue weighted by molar-refractivity contribution is 0.0696. The highest BCUT2D eigenvalue weighted by Crippen LogP contribution is 2.16. The summed E-state index contributed by atoms with van der Waals surface area (Å²) in [4.78, 5) is 11.0. The van der Waals surface area contributed by atoms with Crippen LogP contribution in [0.15, 0.2) is 48.5 Å². The van der Waals surface area contributed by atoms with Gasteiger partial charge in [-0.05, 0) is 29.3 Å². The van der Waals surface area contributed by atoms with E-state index in [1.165, 1.54) is 0 Å². The summed E-state index contributed by atoms with van der Waals surface area (Å²) in [6.45, 7) is 0. The molecule has 3 nitrogen and oxygen atoms in total. The third-order valence-corrected chi connectivity index (χ3v) is 2.52. The zero-order valence-electron chi connectivity index (χ0n) is 9.58. The lowest BCUT2D eigenvalue weighted by Crippen LogP contribution is -1.98. The minimum Gasteiger partial charge on any atom is -0.508 e. The van der Waals surface area contributed by atoms with Crippen LogP contribution in [0.5, 0.6) is 5.75 Å². The maximum absolute atomic E-state index is 11.0. The summed E-state index contributed by atoms with van der Waals surface area (Å²) < 4.78 is 0. The van der Waals surface area contributed by atoms with Gasteiger partial charge in [0.1, 0.15) is 5.75 Å². The molecule has 2 aromatic carbocycles. The topological polar surface area (TPSA) is 57.5 Å². The van der Waals surface area contributed by atoms with Gasteiger partial charge in [0.05, 0.1) is 5.56 Å². The standard InChI is InChI=1S/C15H12O3/c16-13-6-3-4-11(10-13)8-9-12-5-1-2-7-14(12)15(17)18/h1-10,16H,(H,17,18). The number of phenolic OH excluding ortho intramolecular Hbond substituents is 1. The highest BCUT2D eigenvalue weighted by Gasteiger charge is 2.05. The first-order chi connectivity index (χ1) is 8.66. The van der Waals surface area contributed by atoms with Crippen LogP contribution < -0.4 is 0 Å².